The summed E-state index contributed by atoms with van der Waals surface area (Å²) < 4.78 is 0. The Hall–Kier alpha value is -1.37. The highest BCUT2D eigenvalue weighted by atomic mass is 32.2. The van der Waals surface area contributed by atoms with Gasteiger partial charge in [-0.3, -0.25) is 4.84 Å². The van der Waals surface area contributed by atoms with E-state index in [-0.39, 0.29) is 0 Å². The molecule has 2 aromatic carbocycles. The van der Waals surface area contributed by atoms with E-state index in [9.17, 15) is 0 Å². The number of nitrogens with zero attached hydrogens (tertiary/aromatic N) is 3. The summed E-state index contributed by atoms with van der Waals surface area (Å²) in [6, 6.07) is 20.8. The number of piperidine rings is 1. The summed E-state index contributed by atoms with van der Waals surface area (Å²) >= 11 is 1.99. The van der Waals surface area contributed by atoms with Crippen molar-refractivity contribution in [3.63, 3.8) is 0 Å². The van der Waals surface area contributed by atoms with Gasteiger partial charge in [0.05, 0.1) is 18.5 Å². The van der Waals surface area contributed by atoms with Gasteiger partial charge in [-0.05, 0) is 30.0 Å². The predicted molar refractivity (Wildman–Crippen MR) is 109 cm³/mol. The number of hydrogen-bond acceptors (Lipinski definition) is 5. The van der Waals surface area contributed by atoms with Gasteiger partial charge in [0.2, 0.25) is 0 Å². The van der Waals surface area contributed by atoms with Crippen molar-refractivity contribution >= 4 is 11.8 Å². The normalized spacial score (nSPS) is 29.0. The monoisotopic (exact) mass is 381 g/mol. The largest absolute Gasteiger partial charge is 0.299 e. The molecule has 0 saturated carbocycles. The minimum atomic E-state index is 0.442. The second-order valence-electron chi connectivity index (χ2n) is 7.82. The number of hydroxylamine groups is 2. The maximum absolute atomic E-state index is 5.87. The standard InChI is InChI=1S/C22H27N3OS/c1-23-20-13-21-19-9-5-6-10-22(19)27-16-24(25(21)14-18(20)15-26-23)12-11-17-7-3-2-4-8-17/h2-10,18,20-21H,11-16H2,1H3/t18-,20-,21-/m0/s1. The molecule has 3 aliphatic heterocycles. The third kappa shape index (κ3) is 3.43. The first-order valence-corrected chi connectivity index (χ1v) is 10.9. The topological polar surface area (TPSA) is 19.0 Å². The second-order valence-corrected chi connectivity index (χ2v) is 8.81. The van der Waals surface area contributed by atoms with Gasteiger partial charge in [-0.25, -0.2) is 10.0 Å². The van der Waals surface area contributed by atoms with Gasteiger partial charge in [-0.1, -0.05) is 48.5 Å². The van der Waals surface area contributed by atoms with E-state index in [0.717, 1.165) is 38.4 Å². The van der Waals surface area contributed by atoms with E-state index in [1.165, 1.54) is 16.0 Å². The van der Waals surface area contributed by atoms with E-state index in [1.54, 1.807) is 0 Å². The van der Waals surface area contributed by atoms with Gasteiger partial charge in [0, 0.05) is 37.0 Å². The fraction of sp³-hybridized carbons (Fsp3) is 0.455. The molecular formula is C22H27N3OS. The van der Waals surface area contributed by atoms with E-state index < -0.39 is 0 Å². The molecule has 0 aliphatic carbocycles. The van der Waals surface area contributed by atoms with Crippen LogP contribution in [0.3, 0.4) is 0 Å². The van der Waals surface area contributed by atoms with Crippen molar-refractivity contribution < 1.29 is 4.84 Å². The van der Waals surface area contributed by atoms with Gasteiger partial charge >= 0.3 is 0 Å². The smallest absolute Gasteiger partial charge is 0.0741 e. The Bertz CT molecular complexity index is 786. The lowest BCUT2D eigenvalue weighted by Gasteiger charge is -2.46. The summed E-state index contributed by atoms with van der Waals surface area (Å²) in [5.74, 6) is 1.62. The van der Waals surface area contributed by atoms with E-state index in [4.69, 9.17) is 4.84 Å². The minimum absolute atomic E-state index is 0.442. The Labute approximate surface area is 166 Å². The average Bonchev–Trinajstić information content (AvgIpc) is 3.00. The van der Waals surface area contributed by atoms with Crippen LogP contribution in [0.15, 0.2) is 59.5 Å². The van der Waals surface area contributed by atoms with Gasteiger partial charge in [0.15, 0.2) is 0 Å². The first kappa shape index (κ1) is 17.7. The molecule has 0 aromatic heterocycles. The Morgan fingerprint density at radius 3 is 2.78 bits per heavy atom. The molecule has 27 heavy (non-hydrogen) atoms. The zero-order valence-corrected chi connectivity index (χ0v) is 16.6. The highest BCUT2D eigenvalue weighted by Crippen LogP contribution is 2.44. The Morgan fingerprint density at radius 1 is 1.07 bits per heavy atom. The van der Waals surface area contributed by atoms with Crippen LogP contribution in [0.5, 0.6) is 0 Å². The summed E-state index contributed by atoms with van der Waals surface area (Å²) in [5.41, 5.74) is 2.91. The van der Waals surface area contributed by atoms with Crippen LogP contribution in [0.1, 0.15) is 23.6 Å². The highest BCUT2D eigenvalue weighted by Gasteiger charge is 2.45. The van der Waals surface area contributed by atoms with Gasteiger partial charge in [-0.2, -0.15) is 5.06 Å². The number of hydrogen-bond donors (Lipinski definition) is 0. The van der Waals surface area contributed by atoms with E-state index in [1.807, 2.05) is 11.8 Å². The van der Waals surface area contributed by atoms with Gasteiger partial charge in [0.1, 0.15) is 0 Å². The molecule has 0 spiro atoms. The number of thioether (sulfide) groups is 1. The number of benzene rings is 2. The van der Waals surface area contributed by atoms with Gasteiger partial charge in [0.25, 0.3) is 0 Å². The molecule has 3 atom stereocenters. The molecule has 0 radical (unpaired) electrons. The molecule has 2 saturated heterocycles. The molecule has 5 rings (SSSR count). The number of rotatable bonds is 3. The highest BCUT2D eigenvalue weighted by molar-refractivity contribution is 7.99. The maximum Gasteiger partial charge on any atom is 0.0741 e. The number of hydrazine groups is 1. The van der Waals surface area contributed by atoms with Crippen molar-refractivity contribution in [3.8, 4) is 0 Å². The molecule has 3 aliphatic rings. The molecule has 3 heterocycles. The maximum atomic E-state index is 5.87. The minimum Gasteiger partial charge on any atom is -0.299 e. The van der Waals surface area contributed by atoms with Gasteiger partial charge < -0.3 is 0 Å². The van der Waals surface area contributed by atoms with E-state index >= 15 is 0 Å². The van der Waals surface area contributed by atoms with Crippen LogP contribution >= 0.6 is 11.8 Å². The predicted octanol–water partition coefficient (Wildman–Crippen LogP) is 3.82. The van der Waals surface area contributed by atoms with Crippen molar-refractivity contribution in [1.82, 2.24) is 15.1 Å². The fourth-order valence-electron chi connectivity index (χ4n) is 4.75. The van der Waals surface area contributed by atoms with Gasteiger partial charge in [-0.15, -0.1) is 11.8 Å². The van der Waals surface area contributed by atoms with E-state index in [2.05, 4.69) is 76.7 Å². The molecule has 0 N–H and O–H groups in total. The molecule has 2 fully saturated rings. The van der Waals surface area contributed by atoms with Crippen molar-refractivity contribution in [2.24, 2.45) is 5.92 Å². The van der Waals surface area contributed by atoms with E-state index in [0.29, 0.717) is 18.0 Å². The Balaban J connectivity index is 1.42. The second kappa shape index (κ2) is 7.57. The molecule has 0 bridgehead atoms. The van der Waals surface area contributed by atoms with Crippen LogP contribution in [0.2, 0.25) is 0 Å². The summed E-state index contributed by atoms with van der Waals surface area (Å²) in [7, 11) is 2.10. The summed E-state index contributed by atoms with van der Waals surface area (Å²) in [6.45, 7) is 3.00. The first-order valence-electron chi connectivity index (χ1n) is 9.92. The Kier molecular flexibility index (Phi) is 4.96. The zero-order valence-electron chi connectivity index (χ0n) is 15.8. The van der Waals surface area contributed by atoms with Crippen molar-refractivity contribution in [2.45, 2.75) is 29.8 Å². The summed E-state index contributed by atoms with van der Waals surface area (Å²) in [4.78, 5) is 7.31. The van der Waals surface area contributed by atoms with Crippen LogP contribution in [-0.2, 0) is 11.3 Å². The van der Waals surface area contributed by atoms with Crippen molar-refractivity contribution in [2.75, 3.05) is 32.6 Å². The molecule has 5 heteroatoms. The summed E-state index contributed by atoms with van der Waals surface area (Å²) in [5, 5.41) is 7.36. The third-order valence-corrected chi connectivity index (χ3v) is 7.37. The quantitative estimate of drug-likeness (QED) is 0.802. The molecule has 0 amide bonds. The SMILES string of the molecule is CN1OC[C@@H]2CN3[C@@H](C[C@@H]21)c1ccccc1SCN3CCc1ccccc1. The van der Waals surface area contributed by atoms with Crippen molar-refractivity contribution in [1.29, 1.82) is 0 Å². The zero-order chi connectivity index (χ0) is 18.2. The lowest BCUT2D eigenvalue weighted by atomic mass is 9.86. The van der Waals surface area contributed by atoms with Crippen molar-refractivity contribution in [3.05, 3.63) is 65.7 Å². The molecule has 4 nitrogen and oxygen atoms in total. The first-order chi connectivity index (χ1) is 13.3. The van der Waals surface area contributed by atoms with Crippen LogP contribution < -0.4 is 0 Å². The van der Waals surface area contributed by atoms with Crippen LogP contribution in [0.25, 0.3) is 0 Å². The Morgan fingerprint density at radius 2 is 1.89 bits per heavy atom. The molecule has 0 unspecified atom stereocenters. The van der Waals surface area contributed by atoms with Crippen LogP contribution in [-0.4, -0.2) is 53.7 Å². The summed E-state index contributed by atoms with van der Waals surface area (Å²) in [6.07, 6.45) is 2.23. The lowest BCUT2D eigenvalue weighted by molar-refractivity contribution is -0.127. The third-order valence-electron chi connectivity index (χ3n) is 6.26. The molecule has 142 valence electrons. The van der Waals surface area contributed by atoms with Crippen LogP contribution in [0.4, 0.5) is 0 Å². The molecule has 2 aromatic rings. The van der Waals surface area contributed by atoms with Crippen LogP contribution in [0, 0.1) is 5.92 Å². The fourth-order valence-corrected chi connectivity index (χ4v) is 5.86. The molecular weight excluding hydrogens is 354 g/mol. The number of fused-ring (bicyclic) bond motifs is 4. The average molecular weight is 382 g/mol. The lowest BCUT2D eigenvalue weighted by Crippen LogP contribution is -2.54.